The van der Waals surface area contributed by atoms with Gasteiger partial charge in [-0.1, -0.05) is 12.1 Å². The second kappa shape index (κ2) is 7.92. The molecule has 7 nitrogen and oxygen atoms in total. The number of phenols is 1. The van der Waals surface area contributed by atoms with Crippen LogP contribution in [-0.2, 0) is 28.7 Å². The van der Waals surface area contributed by atoms with Crippen LogP contribution in [0.2, 0.25) is 0 Å². The highest BCUT2D eigenvalue weighted by molar-refractivity contribution is 6.16. The number of hydrogen-bond donors (Lipinski definition) is 1. The third kappa shape index (κ3) is 3.87. The number of Topliss-reactive ketones (excluding diaryl/α,β-unsaturated/α-hetero) is 2. The number of carbonyl (C=O) groups is 4. The summed E-state index contributed by atoms with van der Waals surface area (Å²) in [5, 5.41) is 9.46. The SMILES string of the molecule is CCOC(=O)[C@@H]1C(=O)CC(=O)[C@@H](C(=O)OCC)C1c1ccc(O)cc1. The molecule has 1 aromatic carbocycles. The fourth-order valence-electron chi connectivity index (χ4n) is 3.09. The van der Waals surface area contributed by atoms with Gasteiger partial charge in [0.1, 0.15) is 17.6 Å². The Balaban J connectivity index is 2.53. The van der Waals surface area contributed by atoms with Gasteiger partial charge in [0.05, 0.1) is 19.6 Å². The molecule has 0 aromatic heterocycles. The van der Waals surface area contributed by atoms with E-state index >= 15 is 0 Å². The van der Waals surface area contributed by atoms with Crippen molar-refractivity contribution in [2.24, 2.45) is 11.8 Å². The number of rotatable bonds is 5. The number of carbonyl (C=O) groups excluding carboxylic acids is 4. The Labute approximate surface area is 144 Å². The molecule has 0 saturated heterocycles. The second-order valence-electron chi connectivity index (χ2n) is 5.69. The van der Waals surface area contributed by atoms with Crippen LogP contribution in [0.25, 0.3) is 0 Å². The molecule has 0 radical (unpaired) electrons. The van der Waals surface area contributed by atoms with Crippen LogP contribution in [0.1, 0.15) is 31.7 Å². The molecule has 0 amide bonds. The van der Waals surface area contributed by atoms with E-state index in [2.05, 4.69) is 0 Å². The molecule has 0 spiro atoms. The van der Waals surface area contributed by atoms with Crippen molar-refractivity contribution in [2.45, 2.75) is 26.2 Å². The Bertz CT molecular complexity index is 641. The smallest absolute Gasteiger partial charge is 0.317 e. The molecule has 2 atom stereocenters. The van der Waals surface area contributed by atoms with Crippen molar-refractivity contribution in [3.05, 3.63) is 29.8 Å². The topological polar surface area (TPSA) is 107 Å². The van der Waals surface area contributed by atoms with Crippen molar-refractivity contribution in [1.82, 2.24) is 0 Å². The maximum Gasteiger partial charge on any atom is 0.317 e. The summed E-state index contributed by atoms with van der Waals surface area (Å²) in [5.41, 5.74) is 0.412. The number of aromatic hydroxyl groups is 1. The van der Waals surface area contributed by atoms with E-state index in [1.807, 2.05) is 0 Å². The average Bonchev–Trinajstić information content (AvgIpc) is 2.55. The first-order chi connectivity index (χ1) is 11.9. The third-order valence-corrected chi connectivity index (χ3v) is 4.12. The highest BCUT2D eigenvalue weighted by atomic mass is 16.5. The van der Waals surface area contributed by atoms with Gasteiger partial charge in [-0.05, 0) is 31.5 Å². The van der Waals surface area contributed by atoms with Crippen molar-refractivity contribution < 1.29 is 33.8 Å². The molecule has 1 N–H and O–H groups in total. The first-order valence-corrected chi connectivity index (χ1v) is 8.08. The lowest BCUT2D eigenvalue weighted by molar-refractivity contribution is -0.161. The highest BCUT2D eigenvalue weighted by Gasteiger charge is 2.52. The minimum absolute atomic E-state index is 0.0161. The van der Waals surface area contributed by atoms with Crippen molar-refractivity contribution in [1.29, 1.82) is 0 Å². The van der Waals surface area contributed by atoms with Crippen molar-refractivity contribution in [2.75, 3.05) is 13.2 Å². The van der Waals surface area contributed by atoms with Gasteiger partial charge in [-0.25, -0.2) is 0 Å². The van der Waals surface area contributed by atoms with Crippen LogP contribution >= 0.6 is 0 Å². The highest BCUT2D eigenvalue weighted by Crippen LogP contribution is 2.40. The number of benzene rings is 1. The maximum absolute atomic E-state index is 12.4. The minimum Gasteiger partial charge on any atom is -0.508 e. The quantitative estimate of drug-likeness (QED) is 0.632. The maximum atomic E-state index is 12.4. The van der Waals surface area contributed by atoms with Crippen LogP contribution in [-0.4, -0.2) is 41.8 Å². The predicted octanol–water partition coefficient (Wildman–Crippen LogP) is 1.38. The molecule has 1 aromatic rings. The first kappa shape index (κ1) is 18.6. The van der Waals surface area contributed by atoms with E-state index in [9.17, 15) is 24.3 Å². The molecule has 1 aliphatic rings. The van der Waals surface area contributed by atoms with Gasteiger partial charge in [0.25, 0.3) is 0 Å². The molecular formula is C18H20O7. The summed E-state index contributed by atoms with van der Waals surface area (Å²) in [4.78, 5) is 49.4. The number of ether oxygens (including phenoxy) is 2. The van der Waals surface area contributed by atoms with Crippen molar-refractivity contribution >= 4 is 23.5 Å². The molecule has 134 valence electrons. The largest absolute Gasteiger partial charge is 0.508 e. The summed E-state index contributed by atoms with van der Waals surface area (Å²) < 4.78 is 9.96. The van der Waals surface area contributed by atoms with Crippen molar-refractivity contribution in [3.63, 3.8) is 0 Å². The monoisotopic (exact) mass is 348 g/mol. The van der Waals surface area contributed by atoms with E-state index in [0.717, 1.165) is 0 Å². The van der Waals surface area contributed by atoms with Crippen LogP contribution in [0.5, 0.6) is 5.75 Å². The number of ketones is 2. The zero-order chi connectivity index (χ0) is 18.6. The molecule has 0 bridgehead atoms. The Kier molecular flexibility index (Phi) is 5.90. The molecule has 1 fully saturated rings. The molecule has 0 aliphatic heterocycles. The second-order valence-corrected chi connectivity index (χ2v) is 5.69. The summed E-state index contributed by atoms with van der Waals surface area (Å²) in [6.45, 7) is 3.36. The van der Waals surface area contributed by atoms with Crippen LogP contribution in [0.3, 0.4) is 0 Å². The Morgan fingerprint density at radius 2 is 1.40 bits per heavy atom. The normalized spacial score (nSPS) is 21.0. The van der Waals surface area contributed by atoms with Crippen LogP contribution < -0.4 is 0 Å². The van der Waals surface area contributed by atoms with E-state index in [1.165, 1.54) is 24.3 Å². The lowest BCUT2D eigenvalue weighted by Gasteiger charge is -2.33. The lowest BCUT2D eigenvalue weighted by atomic mass is 9.67. The van der Waals surface area contributed by atoms with E-state index in [4.69, 9.17) is 9.47 Å². The minimum atomic E-state index is -1.27. The zero-order valence-electron chi connectivity index (χ0n) is 14.1. The summed E-state index contributed by atoms with van der Waals surface area (Å²) in [6.07, 6.45) is -0.512. The van der Waals surface area contributed by atoms with Gasteiger partial charge in [-0.3, -0.25) is 19.2 Å². The van der Waals surface area contributed by atoms with Crippen molar-refractivity contribution in [3.8, 4) is 5.75 Å². The standard InChI is InChI=1S/C18H20O7/c1-3-24-17(22)15-12(20)9-13(21)16(18(23)25-4-2)14(15)10-5-7-11(19)8-6-10/h5-8,14-16,19H,3-4,9H2,1-2H3/t15-,16-/m1/s1. The average molecular weight is 348 g/mol. The van der Waals surface area contributed by atoms with Gasteiger partial charge in [0.15, 0.2) is 11.6 Å². The summed E-state index contributed by atoms with van der Waals surface area (Å²) in [5.74, 6) is -6.28. The van der Waals surface area contributed by atoms with Crippen LogP contribution in [0.15, 0.2) is 24.3 Å². The van der Waals surface area contributed by atoms with Gasteiger partial charge in [0.2, 0.25) is 0 Å². The summed E-state index contributed by atoms with van der Waals surface area (Å²) in [7, 11) is 0. The summed E-state index contributed by atoms with van der Waals surface area (Å²) in [6, 6.07) is 5.68. The molecule has 0 unspecified atom stereocenters. The Hall–Kier alpha value is -2.70. The lowest BCUT2D eigenvalue weighted by Crippen LogP contribution is -2.47. The van der Waals surface area contributed by atoms with E-state index < -0.39 is 47.7 Å². The molecule has 2 rings (SSSR count). The van der Waals surface area contributed by atoms with Crippen LogP contribution in [0.4, 0.5) is 0 Å². The van der Waals surface area contributed by atoms with E-state index in [0.29, 0.717) is 5.56 Å². The first-order valence-electron chi connectivity index (χ1n) is 8.08. The van der Waals surface area contributed by atoms with Gasteiger partial charge < -0.3 is 14.6 Å². The number of esters is 2. The predicted molar refractivity (Wildman–Crippen MR) is 85.7 cm³/mol. The Morgan fingerprint density at radius 1 is 0.960 bits per heavy atom. The number of hydrogen-bond acceptors (Lipinski definition) is 7. The summed E-state index contributed by atoms with van der Waals surface area (Å²) >= 11 is 0. The van der Waals surface area contributed by atoms with E-state index in [-0.39, 0.29) is 19.0 Å². The van der Waals surface area contributed by atoms with E-state index in [1.54, 1.807) is 13.8 Å². The van der Waals surface area contributed by atoms with Gasteiger partial charge in [0, 0.05) is 5.92 Å². The molecule has 25 heavy (non-hydrogen) atoms. The zero-order valence-corrected chi connectivity index (χ0v) is 14.1. The molecule has 1 aliphatic carbocycles. The number of phenolic OH excluding ortho intramolecular Hbond substituents is 1. The molecule has 1 saturated carbocycles. The molecular weight excluding hydrogens is 328 g/mol. The third-order valence-electron chi connectivity index (χ3n) is 4.12. The van der Waals surface area contributed by atoms with Gasteiger partial charge in [-0.15, -0.1) is 0 Å². The fraction of sp³-hybridized carbons (Fsp3) is 0.444. The molecule has 0 heterocycles. The van der Waals surface area contributed by atoms with Crippen LogP contribution in [0, 0.1) is 11.8 Å². The van der Waals surface area contributed by atoms with Gasteiger partial charge in [-0.2, -0.15) is 0 Å². The fourth-order valence-corrected chi connectivity index (χ4v) is 3.09. The van der Waals surface area contributed by atoms with Gasteiger partial charge >= 0.3 is 11.9 Å². The molecule has 7 heteroatoms. The Morgan fingerprint density at radius 3 is 1.80 bits per heavy atom.